The number of nitrogens with zero attached hydrogens (tertiary/aromatic N) is 6. The van der Waals surface area contributed by atoms with Crippen LogP contribution in [0.2, 0.25) is 0 Å². The molecule has 10 nitrogen and oxygen atoms in total. The number of fused-ring (bicyclic) bond motifs is 1. The molecule has 3 aromatic rings. The van der Waals surface area contributed by atoms with Crippen LogP contribution in [0.4, 0.5) is 5.82 Å². The lowest BCUT2D eigenvalue weighted by Gasteiger charge is -2.32. The maximum Gasteiger partial charge on any atom is 0.327 e. The van der Waals surface area contributed by atoms with E-state index in [0.717, 1.165) is 52.0 Å². The highest BCUT2D eigenvalue weighted by atomic mass is 16.1. The number of hydrogen-bond acceptors (Lipinski definition) is 7. The molecular weight excluding hydrogens is 358 g/mol. The van der Waals surface area contributed by atoms with E-state index in [2.05, 4.69) is 41.8 Å². The number of hydrogen-bond donors (Lipinski definition) is 3. The maximum atomic E-state index is 12.4. The van der Waals surface area contributed by atoms with Crippen molar-refractivity contribution in [1.29, 1.82) is 0 Å². The molecule has 150 valence electrons. The number of rotatable bonds is 7. The van der Waals surface area contributed by atoms with E-state index in [1.165, 1.54) is 0 Å². The van der Waals surface area contributed by atoms with Gasteiger partial charge in [-0.25, -0.2) is 19.7 Å². The molecule has 0 radical (unpaired) electrons. The summed E-state index contributed by atoms with van der Waals surface area (Å²) in [5, 5.41) is 0. The normalized spacial score (nSPS) is 16.2. The number of unbranched alkanes of at least 4 members (excludes halogenated alkanes) is 2. The molecule has 1 saturated heterocycles. The largest absolute Gasteiger partial charge is 0.382 e. The molecule has 28 heavy (non-hydrogen) atoms. The number of imidazole rings is 2. The van der Waals surface area contributed by atoms with Crippen LogP contribution >= 0.6 is 0 Å². The zero-order chi connectivity index (χ0) is 19.5. The number of nitrogen functional groups attached to an aromatic ring is 1. The van der Waals surface area contributed by atoms with E-state index in [-0.39, 0.29) is 11.5 Å². The highest BCUT2D eigenvalue weighted by Crippen LogP contribution is 2.19. The third-order valence-corrected chi connectivity index (χ3v) is 5.31. The minimum absolute atomic E-state index is 0.202. The Kier molecular flexibility index (Phi) is 5.40. The van der Waals surface area contributed by atoms with Crippen molar-refractivity contribution in [2.24, 2.45) is 0 Å². The first kappa shape index (κ1) is 18.6. The van der Waals surface area contributed by atoms with Gasteiger partial charge in [0.05, 0.1) is 0 Å². The minimum Gasteiger partial charge on any atom is -0.382 e. The summed E-state index contributed by atoms with van der Waals surface area (Å²) in [6.45, 7) is 6.30. The lowest BCUT2D eigenvalue weighted by Crippen LogP contribution is -2.44. The molecule has 0 unspecified atom stereocenters. The first-order valence-electron chi connectivity index (χ1n) is 9.78. The predicted octanol–water partition coefficient (Wildman–Crippen LogP) is 0.510. The number of H-pyrrole nitrogens is 2. The first-order chi connectivity index (χ1) is 13.6. The van der Waals surface area contributed by atoms with Crippen LogP contribution in [-0.2, 0) is 6.54 Å². The van der Waals surface area contributed by atoms with Crippen molar-refractivity contribution in [3.63, 3.8) is 0 Å². The van der Waals surface area contributed by atoms with Gasteiger partial charge in [-0.05, 0) is 26.4 Å². The van der Waals surface area contributed by atoms with Crippen molar-refractivity contribution in [2.75, 3.05) is 45.5 Å². The second kappa shape index (κ2) is 8.11. The number of aromatic amines is 2. The monoisotopic (exact) mass is 385 g/mol. The topological polar surface area (TPSA) is 125 Å². The molecule has 0 bridgehead atoms. The smallest absolute Gasteiger partial charge is 0.327 e. The second-order valence-corrected chi connectivity index (χ2v) is 7.36. The van der Waals surface area contributed by atoms with E-state index in [4.69, 9.17) is 5.73 Å². The fourth-order valence-corrected chi connectivity index (χ4v) is 3.61. The third kappa shape index (κ3) is 3.92. The third-order valence-electron chi connectivity index (χ3n) is 5.31. The van der Waals surface area contributed by atoms with Gasteiger partial charge in [0.15, 0.2) is 23.1 Å². The summed E-state index contributed by atoms with van der Waals surface area (Å²) >= 11 is 0. The van der Waals surface area contributed by atoms with Crippen molar-refractivity contribution < 1.29 is 0 Å². The molecule has 0 atom stereocenters. The molecule has 3 aromatic heterocycles. The van der Waals surface area contributed by atoms with Crippen LogP contribution in [0.1, 0.15) is 19.3 Å². The van der Waals surface area contributed by atoms with Crippen LogP contribution < -0.4 is 11.4 Å². The fourth-order valence-electron chi connectivity index (χ4n) is 3.61. The molecule has 4 N–H and O–H groups in total. The van der Waals surface area contributed by atoms with Gasteiger partial charge in [-0.15, -0.1) is 0 Å². The molecular formula is C18H27N9O. The highest BCUT2D eigenvalue weighted by Gasteiger charge is 2.16. The van der Waals surface area contributed by atoms with E-state index in [9.17, 15) is 4.79 Å². The summed E-state index contributed by atoms with van der Waals surface area (Å²) in [5.74, 6) is 1.17. The Bertz CT molecular complexity index is 967. The van der Waals surface area contributed by atoms with Crippen molar-refractivity contribution >= 4 is 17.0 Å². The van der Waals surface area contributed by atoms with Crippen molar-refractivity contribution in [2.45, 2.75) is 25.8 Å². The van der Waals surface area contributed by atoms with Gasteiger partial charge in [-0.2, -0.15) is 0 Å². The standard InChI is InChI=1S/C18H27N9O/c1-25-9-11-26(12-10-25)7-3-2-4-8-27-17-13(22-18(27)28)14(19)23-16(24-17)15-20-5-6-21-15/h5-6H,2-4,7-12H2,1H3,(H,20,21)(H,22,28)(H2,19,23,24). The zero-order valence-electron chi connectivity index (χ0n) is 16.2. The highest BCUT2D eigenvalue weighted by molar-refractivity contribution is 5.83. The second-order valence-electron chi connectivity index (χ2n) is 7.36. The number of likely N-dealkylation sites (N-methyl/N-ethyl adjacent to an activating group) is 1. The molecule has 4 heterocycles. The van der Waals surface area contributed by atoms with Crippen LogP contribution in [-0.4, -0.2) is 79.1 Å². The Labute approximate surface area is 162 Å². The summed E-state index contributed by atoms with van der Waals surface area (Å²) in [4.78, 5) is 35.9. The molecule has 0 spiro atoms. The van der Waals surface area contributed by atoms with Crippen molar-refractivity contribution in [1.82, 2.24) is 39.3 Å². The fraction of sp³-hybridized carbons (Fsp3) is 0.556. The Morgan fingerprint density at radius 1 is 1.11 bits per heavy atom. The van der Waals surface area contributed by atoms with Gasteiger partial charge in [-0.1, -0.05) is 6.42 Å². The lowest BCUT2D eigenvalue weighted by molar-refractivity contribution is 0.152. The van der Waals surface area contributed by atoms with Crippen LogP contribution in [0.25, 0.3) is 22.8 Å². The van der Waals surface area contributed by atoms with E-state index in [1.807, 2.05) is 0 Å². The molecule has 0 amide bonds. The lowest BCUT2D eigenvalue weighted by atomic mass is 10.2. The van der Waals surface area contributed by atoms with Crippen LogP contribution in [0.3, 0.4) is 0 Å². The zero-order valence-corrected chi connectivity index (χ0v) is 16.2. The molecule has 0 aromatic carbocycles. The van der Waals surface area contributed by atoms with Gasteiger partial charge in [0.2, 0.25) is 0 Å². The quantitative estimate of drug-likeness (QED) is 0.506. The predicted molar refractivity (Wildman–Crippen MR) is 108 cm³/mol. The molecule has 4 rings (SSSR count). The summed E-state index contributed by atoms with van der Waals surface area (Å²) in [6, 6.07) is 0. The number of aryl methyl sites for hydroxylation is 1. The van der Waals surface area contributed by atoms with E-state index in [1.54, 1.807) is 17.0 Å². The molecule has 1 fully saturated rings. The minimum atomic E-state index is -0.202. The molecule has 1 aliphatic heterocycles. The summed E-state index contributed by atoms with van der Waals surface area (Å²) in [6.07, 6.45) is 6.44. The van der Waals surface area contributed by atoms with Crippen LogP contribution in [0.5, 0.6) is 0 Å². The Balaban J connectivity index is 1.39. The van der Waals surface area contributed by atoms with E-state index >= 15 is 0 Å². The SMILES string of the molecule is CN1CCN(CCCCCn2c(=O)[nH]c3c(N)nc(-c4ncc[nH]4)nc32)CC1. The number of piperazine rings is 1. The van der Waals surface area contributed by atoms with Crippen LogP contribution in [0, 0.1) is 0 Å². The van der Waals surface area contributed by atoms with Crippen molar-refractivity contribution in [3.8, 4) is 11.6 Å². The first-order valence-corrected chi connectivity index (χ1v) is 9.78. The molecule has 10 heteroatoms. The van der Waals surface area contributed by atoms with Gasteiger partial charge in [0, 0.05) is 45.1 Å². The average molecular weight is 385 g/mol. The molecule has 0 saturated carbocycles. The summed E-state index contributed by atoms with van der Waals surface area (Å²) in [5.41, 5.74) is 6.84. The van der Waals surface area contributed by atoms with Crippen molar-refractivity contribution in [3.05, 3.63) is 22.9 Å². The summed E-state index contributed by atoms with van der Waals surface area (Å²) < 4.78 is 1.65. The van der Waals surface area contributed by atoms with E-state index in [0.29, 0.717) is 29.4 Å². The van der Waals surface area contributed by atoms with E-state index < -0.39 is 0 Å². The van der Waals surface area contributed by atoms with Crippen LogP contribution in [0.15, 0.2) is 17.2 Å². The number of anilines is 1. The van der Waals surface area contributed by atoms with Gasteiger partial charge in [0.25, 0.3) is 0 Å². The number of aromatic nitrogens is 6. The number of nitrogens with one attached hydrogen (secondary N) is 2. The maximum absolute atomic E-state index is 12.4. The Hall–Kier alpha value is -2.72. The van der Waals surface area contributed by atoms with Gasteiger partial charge < -0.3 is 25.5 Å². The molecule has 0 aliphatic carbocycles. The van der Waals surface area contributed by atoms with Gasteiger partial charge >= 0.3 is 5.69 Å². The Morgan fingerprint density at radius 2 is 1.89 bits per heavy atom. The molecule has 1 aliphatic rings. The average Bonchev–Trinajstić information content (AvgIpc) is 3.32. The number of nitrogens with two attached hydrogens (primary N) is 1. The van der Waals surface area contributed by atoms with Gasteiger partial charge in [-0.3, -0.25) is 4.57 Å². The Morgan fingerprint density at radius 3 is 2.64 bits per heavy atom. The van der Waals surface area contributed by atoms with Gasteiger partial charge in [0.1, 0.15) is 5.52 Å². The summed E-state index contributed by atoms with van der Waals surface area (Å²) in [7, 11) is 2.17.